The second kappa shape index (κ2) is 8.18. The van der Waals surface area contributed by atoms with Crippen molar-refractivity contribution in [1.29, 1.82) is 0 Å². The average molecular weight is 367 g/mol. The van der Waals surface area contributed by atoms with E-state index < -0.39 is 0 Å². The maximum atomic E-state index is 12.1. The summed E-state index contributed by atoms with van der Waals surface area (Å²) in [5.41, 5.74) is 5.34. The van der Waals surface area contributed by atoms with Gasteiger partial charge in [0.2, 0.25) is 0 Å². The highest BCUT2D eigenvalue weighted by Gasteiger charge is 2.10. The molecule has 0 bridgehead atoms. The molecule has 4 rings (SSSR count). The van der Waals surface area contributed by atoms with E-state index in [1.807, 2.05) is 36.4 Å². The Morgan fingerprint density at radius 1 is 0.821 bits per heavy atom. The highest BCUT2D eigenvalue weighted by molar-refractivity contribution is 5.93. The van der Waals surface area contributed by atoms with E-state index in [4.69, 9.17) is 0 Å². The minimum absolute atomic E-state index is 0.145. The molecular weight excluding hydrogens is 350 g/mol. The Bertz CT molecular complexity index is 1070. The van der Waals surface area contributed by atoms with E-state index in [0.29, 0.717) is 12.1 Å². The minimum Gasteiger partial charge on any atom is -0.348 e. The van der Waals surface area contributed by atoms with Gasteiger partial charge >= 0.3 is 0 Å². The molecule has 6 heteroatoms. The van der Waals surface area contributed by atoms with Crippen molar-refractivity contribution in [3.63, 3.8) is 0 Å². The number of nitrogens with one attached hydrogen (secondary N) is 1. The fraction of sp³-hybridized carbons (Fsp3) is 0.0455. The summed E-state index contributed by atoms with van der Waals surface area (Å²) in [7, 11) is 0. The normalized spacial score (nSPS) is 10.4. The summed E-state index contributed by atoms with van der Waals surface area (Å²) in [5.74, 6) is -0.145. The number of aromatic nitrogens is 4. The van der Waals surface area contributed by atoms with Crippen LogP contribution in [0.25, 0.3) is 22.4 Å². The lowest BCUT2D eigenvalue weighted by Gasteiger charge is -2.09. The predicted molar refractivity (Wildman–Crippen MR) is 106 cm³/mol. The first-order valence-electron chi connectivity index (χ1n) is 8.79. The molecule has 0 aliphatic carbocycles. The molecule has 0 spiro atoms. The van der Waals surface area contributed by atoms with Gasteiger partial charge in [0.25, 0.3) is 5.91 Å². The molecule has 1 amide bonds. The van der Waals surface area contributed by atoms with E-state index in [-0.39, 0.29) is 5.91 Å². The van der Waals surface area contributed by atoms with Crippen molar-refractivity contribution in [3.05, 3.63) is 97.0 Å². The van der Waals surface area contributed by atoms with E-state index in [1.165, 1.54) is 0 Å². The Morgan fingerprint density at radius 3 is 2.39 bits per heavy atom. The fourth-order valence-corrected chi connectivity index (χ4v) is 2.86. The first-order valence-corrected chi connectivity index (χ1v) is 8.79. The number of pyridine rings is 2. The second-order valence-electron chi connectivity index (χ2n) is 6.14. The molecule has 136 valence electrons. The number of carbonyl (C=O) groups is 1. The lowest BCUT2D eigenvalue weighted by atomic mass is 10.0. The van der Waals surface area contributed by atoms with Gasteiger partial charge in [0.1, 0.15) is 6.33 Å². The van der Waals surface area contributed by atoms with Crippen LogP contribution in [-0.4, -0.2) is 25.8 Å². The maximum absolute atomic E-state index is 12.1. The van der Waals surface area contributed by atoms with Crippen LogP contribution in [-0.2, 0) is 6.54 Å². The summed E-state index contributed by atoms with van der Waals surface area (Å²) in [4.78, 5) is 28.8. The molecule has 0 saturated heterocycles. The molecule has 0 radical (unpaired) electrons. The zero-order valence-corrected chi connectivity index (χ0v) is 15.0. The summed E-state index contributed by atoms with van der Waals surface area (Å²) >= 11 is 0. The Kier molecular flexibility index (Phi) is 5.11. The molecular formula is C22H17N5O. The van der Waals surface area contributed by atoms with Crippen molar-refractivity contribution in [2.24, 2.45) is 0 Å². The van der Waals surface area contributed by atoms with Crippen LogP contribution >= 0.6 is 0 Å². The first kappa shape index (κ1) is 17.5. The molecule has 0 saturated carbocycles. The Hall–Kier alpha value is -3.93. The summed E-state index contributed by atoms with van der Waals surface area (Å²) in [5, 5.41) is 2.90. The fourth-order valence-electron chi connectivity index (χ4n) is 2.86. The molecule has 0 aliphatic rings. The van der Waals surface area contributed by atoms with Gasteiger partial charge in [-0.05, 0) is 35.4 Å². The summed E-state index contributed by atoms with van der Waals surface area (Å²) in [6, 6.07) is 15.3. The lowest BCUT2D eigenvalue weighted by molar-refractivity contribution is 0.0950. The molecule has 0 fully saturated rings. The molecule has 4 aromatic rings. The van der Waals surface area contributed by atoms with Crippen LogP contribution in [0.3, 0.4) is 0 Å². The van der Waals surface area contributed by atoms with Gasteiger partial charge in [0, 0.05) is 48.7 Å². The monoisotopic (exact) mass is 367 g/mol. The Morgan fingerprint density at radius 2 is 1.64 bits per heavy atom. The van der Waals surface area contributed by atoms with Gasteiger partial charge in [-0.25, -0.2) is 9.97 Å². The number of benzene rings is 1. The largest absolute Gasteiger partial charge is 0.348 e. The molecule has 3 aromatic heterocycles. The van der Waals surface area contributed by atoms with Crippen molar-refractivity contribution in [2.75, 3.05) is 0 Å². The number of rotatable bonds is 5. The zero-order chi connectivity index (χ0) is 19.2. The van der Waals surface area contributed by atoms with Gasteiger partial charge in [-0.1, -0.05) is 24.3 Å². The molecule has 28 heavy (non-hydrogen) atoms. The van der Waals surface area contributed by atoms with Crippen molar-refractivity contribution in [3.8, 4) is 22.4 Å². The zero-order valence-electron chi connectivity index (χ0n) is 15.0. The van der Waals surface area contributed by atoms with Crippen LogP contribution in [0.5, 0.6) is 0 Å². The summed E-state index contributed by atoms with van der Waals surface area (Å²) in [6.07, 6.45) is 10.0. The van der Waals surface area contributed by atoms with Crippen LogP contribution in [0.2, 0.25) is 0 Å². The van der Waals surface area contributed by atoms with Crippen LogP contribution in [0, 0.1) is 0 Å². The lowest BCUT2D eigenvalue weighted by Crippen LogP contribution is -2.22. The number of hydrogen-bond acceptors (Lipinski definition) is 5. The Labute approximate surface area is 162 Å². The van der Waals surface area contributed by atoms with Crippen molar-refractivity contribution in [1.82, 2.24) is 25.3 Å². The van der Waals surface area contributed by atoms with Crippen LogP contribution < -0.4 is 5.32 Å². The molecule has 1 N–H and O–H groups in total. The van der Waals surface area contributed by atoms with Crippen molar-refractivity contribution < 1.29 is 4.79 Å². The SMILES string of the molecule is O=C(NCc1ccc(-c2ncncc2-c2ccncc2)cc1)c1cccnc1. The third-order valence-corrected chi connectivity index (χ3v) is 4.31. The van der Waals surface area contributed by atoms with Crippen LogP contribution in [0.1, 0.15) is 15.9 Å². The summed E-state index contributed by atoms with van der Waals surface area (Å²) in [6.45, 7) is 0.439. The van der Waals surface area contributed by atoms with E-state index in [1.54, 1.807) is 49.4 Å². The first-order chi connectivity index (χ1) is 13.8. The van der Waals surface area contributed by atoms with Crippen LogP contribution in [0.4, 0.5) is 0 Å². The minimum atomic E-state index is -0.145. The smallest absolute Gasteiger partial charge is 0.253 e. The van der Waals surface area contributed by atoms with Gasteiger partial charge < -0.3 is 5.32 Å². The van der Waals surface area contributed by atoms with E-state index >= 15 is 0 Å². The van der Waals surface area contributed by atoms with Crippen molar-refractivity contribution >= 4 is 5.91 Å². The number of hydrogen-bond donors (Lipinski definition) is 1. The molecule has 0 aliphatic heterocycles. The summed E-state index contributed by atoms with van der Waals surface area (Å²) < 4.78 is 0. The molecule has 1 aromatic carbocycles. The van der Waals surface area contributed by atoms with Gasteiger partial charge in [-0.15, -0.1) is 0 Å². The van der Waals surface area contributed by atoms with E-state index in [2.05, 4.69) is 25.3 Å². The highest BCUT2D eigenvalue weighted by atomic mass is 16.1. The third-order valence-electron chi connectivity index (χ3n) is 4.31. The quantitative estimate of drug-likeness (QED) is 0.584. The molecule has 0 unspecified atom stereocenters. The number of nitrogens with zero attached hydrogens (tertiary/aromatic N) is 4. The van der Waals surface area contributed by atoms with E-state index in [0.717, 1.165) is 27.9 Å². The van der Waals surface area contributed by atoms with E-state index in [9.17, 15) is 4.79 Å². The standard InChI is InChI=1S/C22H17N5O/c28-22(19-2-1-9-24-13-19)26-12-16-3-5-18(6-4-16)21-20(14-25-15-27-21)17-7-10-23-11-8-17/h1-11,13-15H,12H2,(H,26,28). The van der Waals surface area contributed by atoms with Gasteiger partial charge in [0.15, 0.2) is 0 Å². The average Bonchev–Trinajstić information content (AvgIpc) is 2.79. The second-order valence-corrected chi connectivity index (χ2v) is 6.14. The topological polar surface area (TPSA) is 80.7 Å². The van der Waals surface area contributed by atoms with Gasteiger partial charge in [-0.2, -0.15) is 0 Å². The molecule has 3 heterocycles. The Balaban J connectivity index is 1.51. The van der Waals surface area contributed by atoms with Crippen LogP contribution in [0.15, 0.2) is 85.8 Å². The molecule has 6 nitrogen and oxygen atoms in total. The third kappa shape index (κ3) is 3.91. The van der Waals surface area contributed by atoms with Gasteiger partial charge in [-0.3, -0.25) is 14.8 Å². The predicted octanol–water partition coefficient (Wildman–Crippen LogP) is 3.53. The highest BCUT2D eigenvalue weighted by Crippen LogP contribution is 2.29. The number of carbonyl (C=O) groups excluding carboxylic acids is 1. The molecule has 0 atom stereocenters. The van der Waals surface area contributed by atoms with Gasteiger partial charge in [0.05, 0.1) is 11.3 Å². The number of amides is 1. The maximum Gasteiger partial charge on any atom is 0.253 e. The van der Waals surface area contributed by atoms with Crippen molar-refractivity contribution in [2.45, 2.75) is 6.54 Å².